The first-order valence-corrected chi connectivity index (χ1v) is 11.9. The van der Waals surface area contributed by atoms with Crippen LogP contribution in [0.15, 0.2) is 18.2 Å². The van der Waals surface area contributed by atoms with Gasteiger partial charge in [0.2, 0.25) is 17.7 Å². The predicted molar refractivity (Wildman–Crippen MR) is 132 cm³/mol. The number of nitrogens with zero attached hydrogens (tertiary/aromatic N) is 1. The second-order valence-corrected chi connectivity index (χ2v) is 10.1. The van der Waals surface area contributed by atoms with Crippen molar-refractivity contribution in [1.29, 1.82) is 0 Å². The van der Waals surface area contributed by atoms with Crippen molar-refractivity contribution in [2.45, 2.75) is 71.2 Å². The zero-order valence-electron chi connectivity index (χ0n) is 22.0. The highest BCUT2D eigenvalue weighted by Crippen LogP contribution is 2.41. The van der Waals surface area contributed by atoms with E-state index in [9.17, 15) is 29.1 Å². The van der Waals surface area contributed by atoms with Crippen molar-refractivity contribution in [3.8, 4) is 5.75 Å². The zero-order valence-corrected chi connectivity index (χ0v) is 22.0. The van der Waals surface area contributed by atoms with Crippen LogP contribution < -0.4 is 16.4 Å². The van der Waals surface area contributed by atoms with E-state index < -0.39 is 66.5 Å². The smallest absolute Gasteiger partial charge is 0.408 e. The molecule has 204 valence electrons. The number of aromatic hydroxyl groups is 1. The Hall–Kier alpha value is -3.83. The van der Waals surface area contributed by atoms with Crippen molar-refractivity contribution in [1.82, 2.24) is 15.5 Å². The molecule has 2 rings (SSSR count). The van der Waals surface area contributed by atoms with Gasteiger partial charge in [-0.1, -0.05) is 13.0 Å². The van der Waals surface area contributed by atoms with E-state index in [1.54, 1.807) is 33.8 Å². The maximum atomic E-state index is 13.9. The minimum atomic E-state index is -1.41. The number of carbonyl (C=O) groups is 5. The maximum Gasteiger partial charge on any atom is 0.408 e. The molecule has 0 saturated heterocycles. The molecule has 1 aliphatic rings. The summed E-state index contributed by atoms with van der Waals surface area (Å²) in [5.41, 5.74) is 5.33. The standard InChI is InChI=1S/C25H36N4O8/c1-13-10-17(13)29(23(34)16(11-19(26)31)28-24(35)37-25(3,4)5)21(22(33)27-12-20(32)36-6)15-7-8-18(30)14(2)9-15/h7-9,13,16-17,21,30H,10-12H2,1-6H3,(H2,26,31)(H,27,33)(H,28,35). The molecule has 1 saturated carbocycles. The Morgan fingerprint density at radius 3 is 2.32 bits per heavy atom. The number of ether oxygens (including phenoxy) is 2. The van der Waals surface area contributed by atoms with Crippen LogP contribution in [0.4, 0.5) is 4.79 Å². The molecule has 1 aromatic carbocycles. The summed E-state index contributed by atoms with van der Waals surface area (Å²) in [5.74, 6) is -2.92. The lowest BCUT2D eigenvalue weighted by Crippen LogP contribution is -2.55. The van der Waals surface area contributed by atoms with Gasteiger partial charge in [0, 0.05) is 6.04 Å². The molecule has 1 fully saturated rings. The topological polar surface area (TPSA) is 177 Å². The molecular formula is C25H36N4O8. The van der Waals surface area contributed by atoms with Gasteiger partial charge in [0.15, 0.2) is 0 Å². The molecule has 12 nitrogen and oxygen atoms in total. The number of rotatable bonds is 10. The number of amides is 4. The molecule has 1 aromatic rings. The number of aryl methyl sites for hydroxylation is 1. The number of phenols is 1. The first kappa shape index (κ1) is 29.4. The van der Waals surface area contributed by atoms with Gasteiger partial charge >= 0.3 is 12.1 Å². The number of hydrogen-bond acceptors (Lipinski definition) is 8. The maximum absolute atomic E-state index is 13.9. The highest BCUT2D eigenvalue weighted by Gasteiger charge is 2.48. The molecule has 37 heavy (non-hydrogen) atoms. The van der Waals surface area contributed by atoms with Crippen LogP contribution in [0.2, 0.25) is 0 Å². The van der Waals surface area contributed by atoms with Crippen molar-refractivity contribution in [2.24, 2.45) is 11.7 Å². The summed E-state index contributed by atoms with van der Waals surface area (Å²) < 4.78 is 9.84. The third kappa shape index (κ3) is 8.36. The van der Waals surface area contributed by atoms with Crippen LogP contribution in [0.3, 0.4) is 0 Å². The van der Waals surface area contributed by atoms with E-state index in [1.807, 2.05) is 6.92 Å². The minimum absolute atomic E-state index is 0.00617. The predicted octanol–water partition coefficient (Wildman–Crippen LogP) is 1.04. The van der Waals surface area contributed by atoms with Crippen LogP contribution in [0, 0.1) is 12.8 Å². The van der Waals surface area contributed by atoms with E-state index in [0.717, 1.165) is 0 Å². The third-order valence-corrected chi connectivity index (χ3v) is 5.77. The highest BCUT2D eigenvalue weighted by molar-refractivity contribution is 5.95. The van der Waals surface area contributed by atoms with E-state index in [2.05, 4.69) is 15.4 Å². The first-order chi connectivity index (χ1) is 17.1. The van der Waals surface area contributed by atoms with Gasteiger partial charge in [-0.15, -0.1) is 0 Å². The monoisotopic (exact) mass is 520 g/mol. The van der Waals surface area contributed by atoms with Gasteiger partial charge < -0.3 is 35.8 Å². The number of alkyl carbamates (subject to hydrolysis) is 1. The zero-order chi connectivity index (χ0) is 28.1. The van der Waals surface area contributed by atoms with Crippen LogP contribution in [-0.4, -0.2) is 71.1 Å². The second kappa shape index (κ2) is 11.9. The second-order valence-electron chi connectivity index (χ2n) is 10.1. The van der Waals surface area contributed by atoms with Crippen molar-refractivity contribution in [2.75, 3.05) is 13.7 Å². The molecule has 4 unspecified atom stereocenters. The summed E-state index contributed by atoms with van der Waals surface area (Å²) in [6.07, 6.45) is -0.886. The van der Waals surface area contributed by atoms with Crippen molar-refractivity contribution in [3.63, 3.8) is 0 Å². The van der Waals surface area contributed by atoms with Crippen LogP contribution in [-0.2, 0) is 28.7 Å². The molecule has 5 N–H and O–H groups in total. The molecule has 1 aliphatic carbocycles. The number of phenolic OH excluding ortho intramolecular Hbond substituents is 1. The number of benzene rings is 1. The fraction of sp³-hybridized carbons (Fsp3) is 0.560. The lowest BCUT2D eigenvalue weighted by molar-refractivity contribution is -0.146. The first-order valence-electron chi connectivity index (χ1n) is 11.9. The van der Waals surface area contributed by atoms with Crippen molar-refractivity contribution >= 4 is 29.8 Å². The summed E-state index contributed by atoms with van der Waals surface area (Å²) in [6.45, 7) is 8.01. The Morgan fingerprint density at radius 2 is 1.84 bits per heavy atom. The van der Waals surface area contributed by atoms with E-state index >= 15 is 0 Å². The van der Waals surface area contributed by atoms with E-state index in [0.29, 0.717) is 17.5 Å². The highest BCUT2D eigenvalue weighted by atomic mass is 16.6. The summed E-state index contributed by atoms with van der Waals surface area (Å²) in [5, 5.41) is 14.9. The van der Waals surface area contributed by atoms with Crippen LogP contribution >= 0.6 is 0 Å². The van der Waals surface area contributed by atoms with Crippen LogP contribution in [0.25, 0.3) is 0 Å². The summed E-state index contributed by atoms with van der Waals surface area (Å²) in [6, 6.07) is 1.38. The number of methoxy groups -OCH3 is 1. The third-order valence-electron chi connectivity index (χ3n) is 5.77. The number of esters is 1. The molecule has 0 aliphatic heterocycles. The average molecular weight is 521 g/mol. The van der Waals surface area contributed by atoms with E-state index in [4.69, 9.17) is 10.5 Å². The van der Waals surface area contributed by atoms with Crippen molar-refractivity contribution < 1.29 is 38.6 Å². The quantitative estimate of drug-likeness (QED) is 0.331. The van der Waals surface area contributed by atoms with E-state index in [1.165, 1.54) is 24.1 Å². The largest absolute Gasteiger partial charge is 0.508 e. The number of carbonyl (C=O) groups excluding carboxylic acids is 5. The van der Waals surface area contributed by atoms with Crippen LogP contribution in [0.5, 0.6) is 5.75 Å². The summed E-state index contributed by atoms with van der Waals surface area (Å²) in [7, 11) is 1.17. The number of nitrogens with one attached hydrogen (secondary N) is 2. The Morgan fingerprint density at radius 1 is 1.22 bits per heavy atom. The molecule has 0 heterocycles. The van der Waals surface area contributed by atoms with Gasteiger partial charge in [0.1, 0.15) is 30.0 Å². The van der Waals surface area contributed by atoms with Gasteiger partial charge in [-0.3, -0.25) is 19.2 Å². The Bertz CT molecular complexity index is 1050. The summed E-state index contributed by atoms with van der Waals surface area (Å²) in [4.78, 5) is 64.6. The lowest BCUT2D eigenvalue weighted by Gasteiger charge is -2.35. The molecule has 4 amide bonds. The fourth-order valence-corrected chi connectivity index (χ4v) is 3.82. The molecule has 0 aromatic heterocycles. The Labute approximate surface area is 215 Å². The average Bonchev–Trinajstić information content (AvgIpc) is 3.50. The molecule has 0 radical (unpaired) electrons. The number of primary amides is 1. The van der Waals surface area contributed by atoms with Gasteiger partial charge in [-0.25, -0.2) is 4.79 Å². The van der Waals surface area contributed by atoms with E-state index in [-0.39, 0.29) is 11.7 Å². The molecule has 12 heteroatoms. The Kier molecular flexibility index (Phi) is 9.49. The van der Waals surface area contributed by atoms with Crippen LogP contribution in [0.1, 0.15) is 57.7 Å². The minimum Gasteiger partial charge on any atom is -0.508 e. The number of hydrogen-bond donors (Lipinski definition) is 4. The fourth-order valence-electron chi connectivity index (χ4n) is 3.82. The van der Waals surface area contributed by atoms with Gasteiger partial charge in [0.05, 0.1) is 13.5 Å². The van der Waals surface area contributed by atoms with Gasteiger partial charge in [-0.2, -0.15) is 0 Å². The molecule has 4 atom stereocenters. The summed E-state index contributed by atoms with van der Waals surface area (Å²) >= 11 is 0. The normalized spacial score (nSPS) is 18.1. The lowest BCUT2D eigenvalue weighted by atomic mass is 9.99. The SMILES string of the molecule is COC(=O)CNC(=O)C(c1ccc(O)c(C)c1)N(C(=O)C(CC(N)=O)NC(=O)OC(C)(C)C)C1CC1C. The molecule has 0 bridgehead atoms. The molecule has 0 spiro atoms. The number of nitrogens with two attached hydrogens (primary N) is 1. The van der Waals surface area contributed by atoms with Gasteiger partial charge in [0.25, 0.3) is 0 Å². The van der Waals surface area contributed by atoms with Gasteiger partial charge in [-0.05, 0) is 63.3 Å². The van der Waals surface area contributed by atoms with Crippen molar-refractivity contribution in [3.05, 3.63) is 29.3 Å². The molecular weight excluding hydrogens is 484 g/mol. The Balaban J connectivity index is 2.52.